The minimum absolute atomic E-state index is 0.529. The summed E-state index contributed by atoms with van der Waals surface area (Å²) >= 11 is 0. The van der Waals surface area contributed by atoms with Gasteiger partial charge in [0.15, 0.2) is 0 Å². The van der Waals surface area contributed by atoms with Crippen LogP contribution in [-0.4, -0.2) is 18.0 Å². The molecule has 1 aromatic rings. The summed E-state index contributed by atoms with van der Waals surface area (Å²) in [6, 6.07) is 4.90. The fourth-order valence-electron chi connectivity index (χ4n) is 2.64. The minimum Gasteiger partial charge on any atom is -0.399 e. The van der Waals surface area contributed by atoms with Gasteiger partial charge in [-0.2, -0.15) is 0 Å². The van der Waals surface area contributed by atoms with Gasteiger partial charge in [0.2, 0.25) is 0 Å². The number of nitrogen functional groups attached to an aromatic ring is 1. The van der Waals surface area contributed by atoms with Crippen molar-refractivity contribution in [2.75, 3.05) is 18.8 Å². The summed E-state index contributed by atoms with van der Waals surface area (Å²) in [7, 11) is 0. The van der Waals surface area contributed by atoms with E-state index in [1.165, 1.54) is 42.6 Å². The highest BCUT2D eigenvalue weighted by Gasteiger charge is 2.20. The Bertz CT molecular complexity index is 379. The predicted octanol–water partition coefficient (Wildman–Crippen LogP) is 3.04. The third kappa shape index (κ3) is 2.07. The highest BCUT2D eigenvalue weighted by atomic mass is 15.2. The molecule has 2 nitrogen and oxygen atoms in total. The SMILES string of the molecule is Cc1cc(C(C)N2CCCC2)c(C)cc1N. The number of nitrogens with two attached hydrogens (primary N) is 1. The molecule has 0 spiro atoms. The molecular formula is C14H22N2. The lowest BCUT2D eigenvalue weighted by Crippen LogP contribution is -2.24. The molecule has 0 aromatic heterocycles. The Hall–Kier alpha value is -1.02. The van der Waals surface area contributed by atoms with E-state index >= 15 is 0 Å². The summed E-state index contributed by atoms with van der Waals surface area (Å²) < 4.78 is 0. The Morgan fingerprint density at radius 3 is 2.38 bits per heavy atom. The van der Waals surface area contributed by atoms with Crippen LogP contribution in [0.2, 0.25) is 0 Å². The number of nitrogens with zero attached hydrogens (tertiary/aromatic N) is 1. The monoisotopic (exact) mass is 218 g/mol. The number of aryl methyl sites for hydroxylation is 2. The lowest BCUT2D eigenvalue weighted by molar-refractivity contribution is 0.262. The Morgan fingerprint density at radius 1 is 1.12 bits per heavy atom. The molecule has 16 heavy (non-hydrogen) atoms. The molecule has 2 N–H and O–H groups in total. The molecule has 1 aromatic carbocycles. The number of benzene rings is 1. The number of hydrogen-bond donors (Lipinski definition) is 1. The van der Waals surface area contributed by atoms with E-state index in [0.717, 1.165) is 5.69 Å². The molecule has 2 rings (SSSR count). The average molecular weight is 218 g/mol. The highest BCUT2D eigenvalue weighted by molar-refractivity contribution is 5.51. The van der Waals surface area contributed by atoms with Crippen LogP contribution in [-0.2, 0) is 0 Å². The van der Waals surface area contributed by atoms with Crippen molar-refractivity contribution in [2.24, 2.45) is 0 Å². The van der Waals surface area contributed by atoms with E-state index in [4.69, 9.17) is 5.73 Å². The van der Waals surface area contributed by atoms with Crippen LogP contribution >= 0.6 is 0 Å². The third-order valence-electron chi connectivity index (χ3n) is 3.79. The van der Waals surface area contributed by atoms with E-state index in [2.05, 4.69) is 37.8 Å². The maximum absolute atomic E-state index is 5.93. The van der Waals surface area contributed by atoms with Crippen LogP contribution in [0.3, 0.4) is 0 Å². The van der Waals surface area contributed by atoms with Gasteiger partial charge in [0.25, 0.3) is 0 Å². The van der Waals surface area contributed by atoms with E-state index in [-0.39, 0.29) is 0 Å². The maximum atomic E-state index is 5.93. The van der Waals surface area contributed by atoms with Crippen molar-refractivity contribution in [3.63, 3.8) is 0 Å². The first kappa shape index (κ1) is 11.5. The van der Waals surface area contributed by atoms with Crippen molar-refractivity contribution < 1.29 is 0 Å². The largest absolute Gasteiger partial charge is 0.399 e. The normalized spacial score (nSPS) is 18.9. The molecule has 1 saturated heterocycles. The predicted molar refractivity (Wildman–Crippen MR) is 69.6 cm³/mol. The molecule has 0 radical (unpaired) electrons. The lowest BCUT2D eigenvalue weighted by atomic mass is 9.98. The molecule has 1 aliphatic rings. The van der Waals surface area contributed by atoms with Crippen molar-refractivity contribution in [1.29, 1.82) is 0 Å². The summed E-state index contributed by atoms with van der Waals surface area (Å²) in [5.74, 6) is 0. The van der Waals surface area contributed by atoms with Gasteiger partial charge in [0.05, 0.1) is 0 Å². The molecule has 2 heteroatoms. The minimum atomic E-state index is 0.529. The van der Waals surface area contributed by atoms with Gasteiger partial charge >= 0.3 is 0 Å². The van der Waals surface area contributed by atoms with Crippen LogP contribution in [0.25, 0.3) is 0 Å². The van der Waals surface area contributed by atoms with E-state index in [9.17, 15) is 0 Å². The van der Waals surface area contributed by atoms with E-state index in [0.29, 0.717) is 6.04 Å². The van der Waals surface area contributed by atoms with Crippen molar-refractivity contribution in [1.82, 2.24) is 4.90 Å². The van der Waals surface area contributed by atoms with Crippen LogP contribution < -0.4 is 5.73 Å². The van der Waals surface area contributed by atoms with Crippen LogP contribution in [0.5, 0.6) is 0 Å². The standard InChI is InChI=1S/C14H22N2/c1-10-9-14(15)11(2)8-13(10)12(3)16-6-4-5-7-16/h8-9,12H,4-7,15H2,1-3H3. The van der Waals surface area contributed by atoms with E-state index in [1.54, 1.807) is 0 Å². The third-order valence-corrected chi connectivity index (χ3v) is 3.79. The number of hydrogen-bond acceptors (Lipinski definition) is 2. The van der Waals surface area contributed by atoms with Crippen LogP contribution in [0.1, 0.15) is 42.5 Å². The summed E-state index contributed by atoms with van der Waals surface area (Å²) in [6.07, 6.45) is 2.69. The van der Waals surface area contributed by atoms with Gasteiger partial charge in [-0.3, -0.25) is 4.90 Å². The van der Waals surface area contributed by atoms with E-state index in [1.807, 2.05) is 0 Å². The first-order chi connectivity index (χ1) is 7.59. The van der Waals surface area contributed by atoms with Gasteiger partial charge < -0.3 is 5.73 Å². The van der Waals surface area contributed by atoms with Crippen molar-refractivity contribution in [3.05, 3.63) is 28.8 Å². The molecule has 1 unspecified atom stereocenters. The second-order valence-electron chi connectivity index (χ2n) is 4.98. The molecule has 0 saturated carbocycles. The molecule has 0 aliphatic carbocycles. The molecular weight excluding hydrogens is 196 g/mol. The molecule has 88 valence electrons. The van der Waals surface area contributed by atoms with Gasteiger partial charge in [-0.15, -0.1) is 0 Å². The fraction of sp³-hybridized carbons (Fsp3) is 0.571. The Kier molecular flexibility index (Phi) is 3.20. The quantitative estimate of drug-likeness (QED) is 0.773. The van der Waals surface area contributed by atoms with Gasteiger partial charge in [-0.25, -0.2) is 0 Å². The summed E-state index contributed by atoms with van der Waals surface area (Å²) in [5, 5.41) is 0. The highest BCUT2D eigenvalue weighted by Crippen LogP contribution is 2.29. The maximum Gasteiger partial charge on any atom is 0.0346 e. The zero-order valence-electron chi connectivity index (χ0n) is 10.6. The number of likely N-dealkylation sites (tertiary alicyclic amines) is 1. The number of anilines is 1. The molecule has 1 aliphatic heterocycles. The van der Waals surface area contributed by atoms with E-state index < -0.39 is 0 Å². The van der Waals surface area contributed by atoms with Crippen LogP contribution in [0.4, 0.5) is 5.69 Å². The summed E-state index contributed by atoms with van der Waals surface area (Å²) in [6.45, 7) is 9.05. The van der Waals surface area contributed by atoms with Crippen molar-refractivity contribution in [3.8, 4) is 0 Å². The molecule has 0 bridgehead atoms. The van der Waals surface area contributed by atoms with Gasteiger partial charge in [0.1, 0.15) is 0 Å². The zero-order valence-corrected chi connectivity index (χ0v) is 10.6. The van der Waals surface area contributed by atoms with Gasteiger partial charge in [-0.1, -0.05) is 6.07 Å². The van der Waals surface area contributed by atoms with Crippen molar-refractivity contribution >= 4 is 5.69 Å². The second-order valence-corrected chi connectivity index (χ2v) is 4.98. The smallest absolute Gasteiger partial charge is 0.0346 e. The average Bonchev–Trinajstić information content (AvgIpc) is 2.75. The Labute approximate surface area is 98.4 Å². The molecule has 1 heterocycles. The first-order valence-corrected chi connectivity index (χ1v) is 6.20. The first-order valence-electron chi connectivity index (χ1n) is 6.20. The fourth-order valence-corrected chi connectivity index (χ4v) is 2.64. The zero-order chi connectivity index (χ0) is 11.7. The Balaban J connectivity index is 2.28. The summed E-state index contributed by atoms with van der Waals surface area (Å²) in [5.41, 5.74) is 10.8. The van der Waals surface area contributed by atoms with Gasteiger partial charge in [-0.05, 0) is 69.5 Å². The summed E-state index contributed by atoms with van der Waals surface area (Å²) in [4.78, 5) is 2.57. The second kappa shape index (κ2) is 4.46. The topological polar surface area (TPSA) is 29.3 Å². The Morgan fingerprint density at radius 2 is 1.75 bits per heavy atom. The number of rotatable bonds is 2. The van der Waals surface area contributed by atoms with Crippen LogP contribution in [0.15, 0.2) is 12.1 Å². The van der Waals surface area contributed by atoms with Crippen molar-refractivity contribution in [2.45, 2.75) is 39.7 Å². The van der Waals surface area contributed by atoms with Gasteiger partial charge in [0, 0.05) is 11.7 Å². The van der Waals surface area contributed by atoms with Crippen LogP contribution in [0, 0.1) is 13.8 Å². The molecule has 0 amide bonds. The molecule has 1 atom stereocenters. The lowest BCUT2D eigenvalue weighted by Gasteiger charge is -2.26. The molecule has 1 fully saturated rings.